The highest BCUT2D eigenvalue weighted by Crippen LogP contribution is 2.16. The normalized spacial score (nSPS) is 10.1. The Morgan fingerprint density at radius 2 is 1.78 bits per heavy atom. The molecule has 144 valence electrons. The molecule has 3 N–H and O–H groups in total. The van der Waals surface area contributed by atoms with Crippen LogP contribution in [0, 0.1) is 0 Å². The van der Waals surface area contributed by atoms with Crippen LogP contribution in [0.15, 0.2) is 48.5 Å². The van der Waals surface area contributed by atoms with Gasteiger partial charge in [0.05, 0.1) is 13.2 Å². The standard InChI is InChI=1S/C20H25N3O4/c1-3-26-11-12-27-18-9-7-16(8-10-18)22-14-19(24)23-17-6-4-5-15(13-17)20(25)21-2/h4-10,13,22H,3,11-12,14H2,1-2H3,(H,21,25)(H,23,24). The third-order valence-electron chi connectivity index (χ3n) is 3.64. The molecule has 0 aromatic heterocycles. The molecule has 0 fully saturated rings. The summed E-state index contributed by atoms with van der Waals surface area (Å²) in [6.45, 7) is 3.77. The molecule has 2 amide bonds. The van der Waals surface area contributed by atoms with Gasteiger partial charge in [-0.05, 0) is 49.4 Å². The third-order valence-corrected chi connectivity index (χ3v) is 3.64. The highest BCUT2D eigenvalue weighted by molar-refractivity contribution is 5.98. The van der Waals surface area contributed by atoms with Crippen LogP contribution in [0.3, 0.4) is 0 Å². The van der Waals surface area contributed by atoms with Gasteiger partial charge in [0, 0.05) is 30.6 Å². The van der Waals surface area contributed by atoms with Gasteiger partial charge in [-0.2, -0.15) is 0 Å². The molecule has 2 aromatic carbocycles. The number of amides is 2. The van der Waals surface area contributed by atoms with E-state index in [4.69, 9.17) is 9.47 Å². The summed E-state index contributed by atoms with van der Waals surface area (Å²) in [7, 11) is 1.56. The monoisotopic (exact) mass is 371 g/mol. The van der Waals surface area contributed by atoms with Crippen molar-refractivity contribution in [1.29, 1.82) is 0 Å². The molecule has 0 saturated carbocycles. The molecule has 0 bridgehead atoms. The number of hydrogen-bond acceptors (Lipinski definition) is 5. The van der Waals surface area contributed by atoms with Crippen LogP contribution in [0.25, 0.3) is 0 Å². The van der Waals surface area contributed by atoms with Gasteiger partial charge in [0.15, 0.2) is 0 Å². The van der Waals surface area contributed by atoms with Gasteiger partial charge in [-0.15, -0.1) is 0 Å². The van der Waals surface area contributed by atoms with Crippen LogP contribution < -0.4 is 20.7 Å². The highest BCUT2D eigenvalue weighted by Gasteiger charge is 2.06. The van der Waals surface area contributed by atoms with Gasteiger partial charge in [-0.25, -0.2) is 0 Å². The molecule has 27 heavy (non-hydrogen) atoms. The topological polar surface area (TPSA) is 88.7 Å². The van der Waals surface area contributed by atoms with E-state index in [-0.39, 0.29) is 18.4 Å². The molecule has 0 aliphatic carbocycles. The first-order valence-electron chi connectivity index (χ1n) is 8.79. The fourth-order valence-corrected chi connectivity index (χ4v) is 2.30. The van der Waals surface area contributed by atoms with Gasteiger partial charge in [0.1, 0.15) is 12.4 Å². The molecule has 0 saturated heterocycles. The Morgan fingerprint density at radius 3 is 2.48 bits per heavy atom. The average Bonchev–Trinajstić information content (AvgIpc) is 2.70. The number of rotatable bonds is 10. The van der Waals surface area contributed by atoms with E-state index >= 15 is 0 Å². The van der Waals surface area contributed by atoms with Crippen molar-refractivity contribution in [1.82, 2.24) is 5.32 Å². The first-order chi connectivity index (χ1) is 13.1. The molecule has 0 radical (unpaired) electrons. The Labute approximate surface area is 159 Å². The maximum absolute atomic E-state index is 12.1. The second kappa shape index (κ2) is 10.8. The molecule has 0 aliphatic rings. The summed E-state index contributed by atoms with van der Waals surface area (Å²) >= 11 is 0. The zero-order valence-corrected chi connectivity index (χ0v) is 15.6. The van der Waals surface area contributed by atoms with Gasteiger partial charge < -0.3 is 25.4 Å². The zero-order chi connectivity index (χ0) is 19.5. The molecule has 7 nitrogen and oxygen atoms in total. The minimum absolute atomic E-state index is 0.106. The van der Waals surface area contributed by atoms with Gasteiger partial charge in [0.2, 0.25) is 5.91 Å². The van der Waals surface area contributed by atoms with Crippen molar-refractivity contribution in [2.45, 2.75) is 6.92 Å². The van der Waals surface area contributed by atoms with E-state index in [0.717, 1.165) is 11.4 Å². The molecule has 0 unspecified atom stereocenters. The van der Waals surface area contributed by atoms with Gasteiger partial charge >= 0.3 is 0 Å². The van der Waals surface area contributed by atoms with Crippen LogP contribution >= 0.6 is 0 Å². The molecular weight excluding hydrogens is 346 g/mol. The summed E-state index contributed by atoms with van der Waals surface area (Å²) in [5, 5.41) is 8.36. The van der Waals surface area contributed by atoms with E-state index < -0.39 is 0 Å². The van der Waals surface area contributed by atoms with E-state index in [9.17, 15) is 9.59 Å². The lowest BCUT2D eigenvalue weighted by Gasteiger charge is -2.10. The predicted octanol–water partition coefficient (Wildman–Crippen LogP) is 2.51. The van der Waals surface area contributed by atoms with E-state index in [0.29, 0.717) is 31.1 Å². The summed E-state index contributed by atoms with van der Waals surface area (Å²) in [6.07, 6.45) is 0. The van der Waals surface area contributed by atoms with Crippen molar-refractivity contribution in [3.63, 3.8) is 0 Å². The minimum atomic E-state index is -0.207. The molecule has 7 heteroatoms. The van der Waals surface area contributed by atoms with E-state index in [1.54, 1.807) is 31.3 Å². The summed E-state index contributed by atoms with van der Waals surface area (Å²) in [6, 6.07) is 14.1. The minimum Gasteiger partial charge on any atom is -0.491 e. The van der Waals surface area contributed by atoms with Crippen LogP contribution in [-0.2, 0) is 9.53 Å². The quantitative estimate of drug-likeness (QED) is 0.559. The molecule has 2 aromatic rings. The van der Waals surface area contributed by atoms with Crippen LogP contribution in [-0.4, -0.2) is 45.2 Å². The SMILES string of the molecule is CCOCCOc1ccc(NCC(=O)Nc2cccc(C(=O)NC)c2)cc1. The average molecular weight is 371 g/mol. The van der Waals surface area contributed by atoms with Crippen molar-refractivity contribution in [2.24, 2.45) is 0 Å². The number of ether oxygens (including phenoxy) is 2. The van der Waals surface area contributed by atoms with Crippen LogP contribution in [0.2, 0.25) is 0 Å². The largest absolute Gasteiger partial charge is 0.491 e. The smallest absolute Gasteiger partial charge is 0.251 e. The molecule has 0 atom stereocenters. The molecule has 0 spiro atoms. The Kier molecular flexibility index (Phi) is 8.12. The summed E-state index contributed by atoms with van der Waals surface area (Å²) < 4.78 is 10.8. The highest BCUT2D eigenvalue weighted by atomic mass is 16.5. The Balaban J connectivity index is 1.79. The molecule has 0 heterocycles. The van der Waals surface area contributed by atoms with Crippen molar-refractivity contribution >= 4 is 23.2 Å². The Bertz CT molecular complexity index is 747. The van der Waals surface area contributed by atoms with Gasteiger partial charge in [-0.3, -0.25) is 9.59 Å². The Morgan fingerprint density at radius 1 is 1.00 bits per heavy atom. The lowest BCUT2D eigenvalue weighted by molar-refractivity contribution is -0.114. The lowest BCUT2D eigenvalue weighted by Crippen LogP contribution is -2.22. The number of anilines is 2. The number of carbonyl (C=O) groups excluding carboxylic acids is 2. The van der Waals surface area contributed by atoms with Crippen molar-refractivity contribution in [3.8, 4) is 5.75 Å². The Hall–Kier alpha value is -3.06. The molecular formula is C20H25N3O4. The number of nitrogens with one attached hydrogen (secondary N) is 3. The third kappa shape index (κ3) is 6.99. The first kappa shape index (κ1) is 20.3. The van der Waals surface area contributed by atoms with Crippen LogP contribution in [0.4, 0.5) is 11.4 Å². The predicted molar refractivity (Wildman–Crippen MR) is 105 cm³/mol. The van der Waals surface area contributed by atoms with E-state index in [2.05, 4.69) is 16.0 Å². The second-order valence-corrected chi connectivity index (χ2v) is 5.63. The van der Waals surface area contributed by atoms with Crippen molar-refractivity contribution in [3.05, 3.63) is 54.1 Å². The zero-order valence-electron chi connectivity index (χ0n) is 15.6. The number of carbonyl (C=O) groups is 2. The summed E-state index contributed by atoms with van der Waals surface area (Å²) in [5.41, 5.74) is 1.87. The molecule has 2 rings (SSSR count). The van der Waals surface area contributed by atoms with E-state index in [1.165, 1.54) is 0 Å². The number of benzene rings is 2. The van der Waals surface area contributed by atoms with Gasteiger partial charge in [0.25, 0.3) is 5.91 Å². The summed E-state index contributed by atoms with van der Waals surface area (Å²) in [4.78, 5) is 23.7. The fourth-order valence-electron chi connectivity index (χ4n) is 2.30. The maximum Gasteiger partial charge on any atom is 0.251 e. The maximum atomic E-state index is 12.1. The summed E-state index contributed by atoms with van der Waals surface area (Å²) in [5.74, 6) is 0.338. The van der Waals surface area contributed by atoms with Crippen molar-refractivity contribution < 1.29 is 19.1 Å². The van der Waals surface area contributed by atoms with E-state index in [1.807, 2.05) is 31.2 Å². The fraction of sp³-hybridized carbons (Fsp3) is 0.300. The van der Waals surface area contributed by atoms with Crippen LogP contribution in [0.5, 0.6) is 5.75 Å². The lowest BCUT2D eigenvalue weighted by atomic mass is 10.2. The molecule has 0 aliphatic heterocycles. The number of hydrogen-bond donors (Lipinski definition) is 3. The van der Waals surface area contributed by atoms with Crippen molar-refractivity contribution in [2.75, 3.05) is 44.0 Å². The van der Waals surface area contributed by atoms with Gasteiger partial charge in [-0.1, -0.05) is 6.07 Å². The second-order valence-electron chi connectivity index (χ2n) is 5.63. The first-order valence-corrected chi connectivity index (χ1v) is 8.79. The van der Waals surface area contributed by atoms with Crippen LogP contribution in [0.1, 0.15) is 17.3 Å².